The number of ether oxygens (including phenoxy) is 2. The van der Waals surface area contributed by atoms with Crippen molar-refractivity contribution >= 4 is 50.9 Å². The van der Waals surface area contributed by atoms with Gasteiger partial charge in [-0.05, 0) is 52.3 Å². The fourth-order valence-corrected chi connectivity index (χ4v) is 3.63. The third-order valence-electron chi connectivity index (χ3n) is 4.51. The Labute approximate surface area is 202 Å². The summed E-state index contributed by atoms with van der Waals surface area (Å²) in [6.07, 6.45) is 1.42. The highest BCUT2D eigenvalue weighted by Gasteiger charge is 2.29. The van der Waals surface area contributed by atoms with Gasteiger partial charge in [0.25, 0.3) is 11.8 Å². The van der Waals surface area contributed by atoms with E-state index in [1.54, 1.807) is 18.2 Å². The summed E-state index contributed by atoms with van der Waals surface area (Å²) in [4.78, 5) is 31.6. The van der Waals surface area contributed by atoms with Gasteiger partial charge in [0, 0.05) is 22.3 Å². The molecule has 3 rings (SSSR count). The maximum Gasteiger partial charge on any atom is 0.264 e. The van der Waals surface area contributed by atoms with Gasteiger partial charge in [-0.15, -0.1) is 0 Å². The lowest BCUT2D eigenvalue weighted by Gasteiger charge is -2.23. The van der Waals surface area contributed by atoms with E-state index in [-0.39, 0.29) is 27.8 Å². The van der Waals surface area contributed by atoms with Crippen LogP contribution in [0.1, 0.15) is 26.3 Å². The van der Waals surface area contributed by atoms with Crippen LogP contribution in [0, 0.1) is 5.82 Å². The summed E-state index contributed by atoms with van der Waals surface area (Å²) in [5.74, 6) is -1.31. The summed E-state index contributed by atoms with van der Waals surface area (Å²) in [6.45, 7) is -0.208. The SMILES string of the molecule is COc1ccc(CN(C(=O)c2cc(F)ccc2Cl)C(=O)c2cc(Br)cnc2Cl)c(OC)c1. The largest absolute Gasteiger partial charge is 0.497 e. The number of carbonyl (C=O) groups excluding carboxylic acids is 2. The molecular formula is C22H16BrCl2FN2O4. The average molecular weight is 542 g/mol. The molecule has 1 aromatic heterocycles. The van der Waals surface area contributed by atoms with E-state index >= 15 is 0 Å². The van der Waals surface area contributed by atoms with E-state index in [2.05, 4.69) is 20.9 Å². The van der Waals surface area contributed by atoms with Crippen LogP contribution < -0.4 is 9.47 Å². The highest BCUT2D eigenvalue weighted by Crippen LogP contribution is 2.29. The van der Waals surface area contributed by atoms with E-state index in [0.29, 0.717) is 21.5 Å². The first-order chi connectivity index (χ1) is 15.2. The molecule has 0 spiro atoms. The van der Waals surface area contributed by atoms with Crippen LogP contribution in [0.5, 0.6) is 11.5 Å². The minimum Gasteiger partial charge on any atom is -0.497 e. The Hall–Kier alpha value is -2.68. The molecule has 0 fully saturated rings. The molecule has 166 valence electrons. The number of amides is 2. The zero-order valence-electron chi connectivity index (χ0n) is 16.9. The van der Waals surface area contributed by atoms with E-state index in [0.717, 1.165) is 17.0 Å². The lowest BCUT2D eigenvalue weighted by Crippen LogP contribution is -2.37. The van der Waals surface area contributed by atoms with Crippen LogP contribution in [0.2, 0.25) is 10.2 Å². The molecule has 6 nitrogen and oxygen atoms in total. The lowest BCUT2D eigenvalue weighted by atomic mass is 10.1. The van der Waals surface area contributed by atoms with Crippen molar-refractivity contribution in [1.82, 2.24) is 9.88 Å². The highest BCUT2D eigenvalue weighted by atomic mass is 79.9. The van der Waals surface area contributed by atoms with Gasteiger partial charge >= 0.3 is 0 Å². The topological polar surface area (TPSA) is 68.7 Å². The molecule has 0 aliphatic carbocycles. The molecule has 0 aliphatic heterocycles. The van der Waals surface area contributed by atoms with Crippen LogP contribution in [-0.4, -0.2) is 35.9 Å². The first kappa shape index (κ1) is 24.0. The molecule has 2 amide bonds. The first-order valence-corrected chi connectivity index (χ1v) is 10.6. The monoisotopic (exact) mass is 540 g/mol. The molecule has 0 saturated heterocycles. The van der Waals surface area contributed by atoms with Gasteiger partial charge < -0.3 is 9.47 Å². The molecule has 10 heteroatoms. The maximum atomic E-state index is 13.9. The van der Waals surface area contributed by atoms with Gasteiger partial charge in [-0.1, -0.05) is 23.2 Å². The smallest absolute Gasteiger partial charge is 0.264 e. The molecule has 2 aromatic carbocycles. The summed E-state index contributed by atoms with van der Waals surface area (Å²) in [6, 6.07) is 9.70. The Kier molecular flexibility index (Phi) is 7.71. The Morgan fingerprint density at radius 3 is 2.44 bits per heavy atom. The highest BCUT2D eigenvalue weighted by molar-refractivity contribution is 9.10. The number of halogens is 4. The molecule has 0 unspecified atom stereocenters. The van der Waals surface area contributed by atoms with Crippen molar-refractivity contribution in [2.75, 3.05) is 14.2 Å². The second-order valence-electron chi connectivity index (χ2n) is 6.49. The fourth-order valence-electron chi connectivity index (χ4n) is 2.91. The fraction of sp³-hybridized carbons (Fsp3) is 0.136. The van der Waals surface area contributed by atoms with E-state index in [1.807, 2.05) is 0 Å². The van der Waals surface area contributed by atoms with E-state index in [4.69, 9.17) is 32.7 Å². The summed E-state index contributed by atoms with van der Waals surface area (Å²) in [5.41, 5.74) is 0.308. The molecule has 0 bridgehead atoms. The number of hydrogen-bond donors (Lipinski definition) is 0. The van der Waals surface area contributed by atoms with Crippen LogP contribution in [0.4, 0.5) is 4.39 Å². The normalized spacial score (nSPS) is 10.6. The van der Waals surface area contributed by atoms with Gasteiger partial charge in [0.05, 0.1) is 36.9 Å². The van der Waals surface area contributed by atoms with E-state index in [1.165, 1.54) is 32.5 Å². The maximum absolute atomic E-state index is 13.9. The van der Waals surface area contributed by atoms with Crippen molar-refractivity contribution in [2.45, 2.75) is 6.54 Å². The van der Waals surface area contributed by atoms with Crippen LogP contribution >= 0.6 is 39.1 Å². The average Bonchev–Trinajstić information content (AvgIpc) is 2.79. The molecule has 0 saturated carbocycles. The number of benzene rings is 2. The minimum atomic E-state index is -0.812. The van der Waals surface area contributed by atoms with Crippen LogP contribution in [0.3, 0.4) is 0 Å². The number of hydrogen-bond acceptors (Lipinski definition) is 5. The Morgan fingerprint density at radius 2 is 1.75 bits per heavy atom. The van der Waals surface area contributed by atoms with Gasteiger partial charge in [-0.2, -0.15) is 0 Å². The number of carbonyl (C=O) groups is 2. The second kappa shape index (κ2) is 10.3. The van der Waals surface area contributed by atoms with Crippen LogP contribution in [0.25, 0.3) is 0 Å². The molecule has 1 heterocycles. The second-order valence-corrected chi connectivity index (χ2v) is 8.17. The van der Waals surface area contributed by atoms with Crippen LogP contribution in [0.15, 0.2) is 53.1 Å². The number of rotatable bonds is 6. The molecule has 3 aromatic rings. The van der Waals surface area contributed by atoms with Gasteiger partial charge in [-0.25, -0.2) is 9.37 Å². The zero-order chi connectivity index (χ0) is 23.4. The van der Waals surface area contributed by atoms with Gasteiger partial charge in [0.2, 0.25) is 0 Å². The zero-order valence-corrected chi connectivity index (χ0v) is 20.0. The molecule has 0 atom stereocenters. The van der Waals surface area contributed by atoms with Gasteiger partial charge in [-0.3, -0.25) is 14.5 Å². The van der Waals surface area contributed by atoms with Crippen molar-refractivity contribution in [3.8, 4) is 11.5 Å². The summed E-state index contributed by atoms with van der Waals surface area (Å²) < 4.78 is 24.9. The molecule has 0 aliphatic rings. The third-order valence-corrected chi connectivity index (χ3v) is 5.57. The Bertz CT molecular complexity index is 1130. The van der Waals surface area contributed by atoms with Gasteiger partial charge in [0.1, 0.15) is 22.5 Å². The summed E-state index contributed by atoms with van der Waals surface area (Å²) >= 11 is 15.5. The van der Waals surface area contributed by atoms with Crippen molar-refractivity contribution < 1.29 is 23.5 Å². The van der Waals surface area contributed by atoms with Crippen molar-refractivity contribution in [3.63, 3.8) is 0 Å². The van der Waals surface area contributed by atoms with Crippen LogP contribution in [-0.2, 0) is 6.54 Å². The quantitative estimate of drug-likeness (QED) is 0.292. The molecular weight excluding hydrogens is 526 g/mol. The molecule has 0 radical (unpaired) electrons. The first-order valence-electron chi connectivity index (χ1n) is 9.08. The number of nitrogens with zero attached hydrogens (tertiary/aromatic N) is 2. The summed E-state index contributed by atoms with van der Waals surface area (Å²) in [7, 11) is 2.95. The number of methoxy groups -OCH3 is 2. The van der Waals surface area contributed by atoms with E-state index in [9.17, 15) is 14.0 Å². The van der Waals surface area contributed by atoms with E-state index < -0.39 is 17.6 Å². The predicted molar refractivity (Wildman–Crippen MR) is 122 cm³/mol. The van der Waals surface area contributed by atoms with Gasteiger partial charge in [0.15, 0.2) is 0 Å². The molecule has 0 N–H and O–H groups in total. The number of aromatic nitrogens is 1. The Morgan fingerprint density at radius 1 is 1.03 bits per heavy atom. The molecule has 32 heavy (non-hydrogen) atoms. The lowest BCUT2D eigenvalue weighted by molar-refractivity contribution is 0.0602. The van der Waals surface area contributed by atoms with Crippen molar-refractivity contribution in [1.29, 1.82) is 0 Å². The standard InChI is InChI=1S/C22H16BrCl2FN2O4/c1-31-15-5-3-12(19(9-15)32-2)11-28(21(29)16-8-14(26)4-6-18(16)24)22(30)17-7-13(23)10-27-20(17)25/h3-10H,11H2,1-2H3. The predicted octanol–water partition coefficient (Wildman–Crippen LogP) is 5.79. The number of pyridine rings is 1. The summed E-state index contributed by atoms with van der Waals surface area (Å²) in [5, 5.41) is -0.0996. The minimum absolute atomic E-state index is 0.00522. The van der Waals surface area contributed by atoms with Crippen molar-refractivity contribution in [3.05, 3.63) is 85.8 Å². The van der Waals surface area contributed by atoms with Crippen molar-refractivity contribution in [2.24, 2.45) is 0 Å². The third kappa shape index (κ3) is 5.20. The Balaban J connectivity index is 2.11. The number of imide groups is 1.